The molecular formula is C14H17N5O. The lowest BCUT2D eigenvalue weighted by Crippen LogP contribution is -2.42. The number of nitrogens with one attached hydrogen (secondary N) is 1. The fourth-order valence-electron chi connectivity index (χ4n) is 1.66. The van der Waals surface area contributed by atoms with Crippen LogP contribution in [0.3, 0.4) is 0 Å². The molecule has 3 N–H and O–H groups in total. The maximum absolute atomic E-state index is 11.7. The van der Waals surface area contributed by atoms with Crippen LogP contribution in [0.5, 0.6) is 0 Å². The quantitative estimate of drug-likeness (QED) is 0.642. The van der Waals surface area contributed by atoms with Crippen LogP contribution in [-0.4, -0.2) is 28.1 Å². The van der Waals surface area contributed by atoms with Crippen molar-refractivity contribution in [2.45, 2.75) is 19.9 Å². The molecule has 6 heteroatoms. The Bertz CT molecular complexity index is 633. The number of para-hydroxylation sites is 1. The van der Waals surface area contributed by atoms with Gasteiger partial charge in [-0.05, 0) is 12.0 Å². The summed E-state index contributed by atoms with van der Waals surface area (Å²) in [6, 6.07) is 5.02. The van der Waals surface area contributed by atoms with Crippen LogP contribution < -0.4 is 11.2 Å². The molecule has 1 atom stereocenters. The van der Waals surface area contributed by atoms with E-state index in [0.29, 0.717) is 0 Å². The van der Waals surface area contributed by atoms with Crippen molar-refractivity contribution in [3.8, 4) is 0 Å². The molecule has 0 radical (unpaired) electrons. The van der Waals surface area contributed by atoms with Gasteiger partial charge in [0, 0.05) is 18.0 Å². The van der Waals surface area contributed by atoms with Gasteiger partial charge in [-0.25, -0.2) is 5.43 Å². The second kappa shape index (κ2) is 6.21. The average molecular weight is 271 g/mol. The Labute approximate surface area is 117 Å². The first-order valence-electron chi connectivity index (χ1n) is 6.38. The minimum Gasteiger partial charge on any atom is -0.320 e. The van der Waals surface area contributed by atoms with E-state index in [1.54, 1.807) is 18.6 Å². The largest absolute Gasteiger partial charge is 0.320 e. The highest BCUT2D eigenvalue weighted by atomic mass is 16.2. The molecule has 104 valence electrons. The number of carbonyl (C=O) groups excluding carboxylic acids is 1. The summed E-state index contributed by atoms with van der Waals surface area (Å²) in [7, 11) is 0. The predicted octanol–water partition coefficient (Wildman–Crippen LogP) is 1.06. The molecule has 0 bridgehead atoms. The normalized spacial score (nSPS) is 13.0. The van der Waals surface area contributed by atoms with Crippen molar-refractivity contribution in [2.75, 3.05) is 0 Å². The van der Waals surface area contributed by atoms with Crippen molar-refractivity contribution in [3.63, 3.8) is 0 Å². The molecule has 1 aromatic carbocycles. The molecule has 0 unspecified atom stereocenters. The van der Waals surface area contributed by atoms with Crippen LogP contribution in [0.2, 0.25) is 0 Å². The van der Waals surface area contributed by atoms with Gasteiger partial charge in [0.05, 0.1) is 23.3 Å². The molecule has 0 saturated carbocycles. The Kier molecular flexibility index (Phi) is 4.37. The van der Waals surface area contributed by atoms with Crippen molar-refractivity contribution in [1.29, 1.82) is 0 Å². The van der Waals surface area contributed by atoms with Gasteiger partial charge < -0.3 is 5.73 Å². The maximum atomic E-state index is 11.7. The lowest BCUT2D eigenvalue weighted by atomic mass is 10.1. The van der Waals surface area contributed by atoms with E-state index in [1.807, 2.05) is 32.0 Å². The highest BCUT2D eigenvalue weighted by Gasteiger charge is 2.16. The number of amides is 1. The molecule has 6 nitrogen and oxygen atoms in total. The van der Waals surface area contributed by atoms with Crippen LogP contribution in [0.25, 0.3) is 11.0 Å². The summed E-state index contributed by atoms with van der Waals surface area (Å²) in [5.74, 6) is -0.240. The number of nitrogens with two attached hydrogens (primary N) is 1. The molecule has 0 fully saturated rings. The summed E-state index contributed by atoms with van der Waals surface area (Å²) in [6.07, 6.45) is 4.79. The number of carbonyl (C=O) groups is 1. The molecule has 2 aromatic rings. The minimum absolute atomic E-state index is 0.0635. The highest BCUT2D eigenvalue weighted by Crippen LogP contribution is 2.11. The first-order chi connectivity index (χ1) is 9.59. The van der Waals surface area contributed by atoms with Gasteiger partial charge in [-0.1, -0.05) is 26.0 Å². The zero-order chi connectivity index (χ0) is 14.5. The van der Waals surface area contributed by atoms with Crippen LogP contribution in [0.1, 0.15) is 19.4 Å². The molecule has 0 aliphatic carbocycles. The van der Waals surface area contributed by atoms with Crippen LogP contribution in [0, 0.1) is 5.92 Å². The summed E-state index contributed by atoms with van der Waals surface area (Å²) in [5.41, 5.74) is 10.5. The average Bonchev–Trinajstić information content (AvgIpc) is 2.46. The van der Waals surface area contributed by atoms with Gasteiger partial charge >= 0.3 is 0 Å². The van der Waals surface area contributed by atoms with Gasteiger partial charge in [-0.15, -0.1) is 0 Å². The van der Waals surface area contributed by atoms with E-state index in [0.717, 1.165) is 16.6 Å². The zero-order valence-corrected chi connectivity index (χ0v) is 11.4. The van der Waals surface area contributed by atoms with Crippen molar-refractivity contribution < 1.29 is 4.79 Å². The Morgan fingerprint density at radius 3 is 2.85 bits per heavy atom. The van der Waals surface area contributed by atoms with Crippen LogP contribution >= 0.6 is 0 Å². The number of nitrogens with zero attached hydrogens (tertiary/aromatic N) is 3. The third-order valence-corrected chi connectivity index (χ3v) is 2.93. The van der Waals surface area contributed by atoms with E-state index in [1.165, 1.54) is 0 Å². The Balaban J connectivity index is 2.13. The predicted molar refractivity (Wildman–Crippen MR) is 78.1 cm³/mol. The molecule has 2 rings (SSSR count). The number of rotatable bonds is 4. The monoisotopic (exact) mass is 271 g/mol. The fourth-order valence-corrected chi connectivity index (χ4v) is 1.66. The Morgan fingerprint density at radius 1 is 1.35 bits per heavy atom. The number of hydrogen-bond donors (Lipinski definition) is 2. The van der Waals surface area contributed by atoms with E-state index in [2.05, 4.69) is 20.5 Å². The van der Waals surface area contributed by atoms with Crippen molar-refractivity contribution in [1.82, 2.24) is 15.4 Å². The van der Waals surface area contributed by atoms with E-state index < -0.39 is 6.04 Å². The first-order valence-corrected chi connectivity index (χ1v) is 6.38. The van der Waals surface area contributed by atoms with Gasteiger partial charge in [0.25, 0.3) is 5.91 Å². The minimum atomic E-state index is -0.570. The third kappa shape index (κ3) is 3.16. The molecule has 1 heterocycles. The lowest BCUT2D eigenvalue weighted by Gasteiger charge is -2.12. The van der Waals surface area contributed by atoms with E-state index in [-0.39, 0.29) is 11.8 Å². The van der Waals surface area contributed by atoms with E-state index in [4.69, 9.17) is 5.73 Å². The summed E-state index contributed by atoms with van der Waals surface area (Å²) >= 11 is 0. The molecule has 1 amide bonds. The second-order valence-corrected chi connectivity index (χ2v) is 4.78. The molecule has 0 aliphatic rings. The van der Waals surface area contributed by atoms with Gasteiger partial charge in [0.2, 0.25) is 0 Å². The summed E-state index contributed by atoms with van der Waals surface area (Å²) in [4.78, 5) is 20.1. The van der Waals surface area contributed by atoms with E-state index >= 15 is 0 Å². The zero-order valence-electron chi connectivity index (χ0n) is 11.4. The lowest BCUT2D eigenvalue weighted by molar-refractivity contribution is -0.123. The smallest absolute Gasteiger partial charge is 0.257 e. The molecule has 0 aliphatic heterocycles. The standard InChI is InChI=1S/C14H17N5O/c1-9(2)12(15)14(20)19-18-8-10-4-3-5-11-13(10)17-7-6-16-11/h3-9,12H,15H2,1-2H3,(H,19,20)/b18-8+/t12-/m1/s1. The van der Waals surface area contributed by atoms with Crippen LogP contribution in [0.4, 0.5) is 0 Å². The number of fused-ring (bicyclic) bond motifs is 1. The SMILES string of the molecule is CC(C)[C@@H](N)C(=O)N/N=C/c1cccc2nccnc12. The van der Waals surface area contributed by atoms with Crippen LogP contribution in [0.15, 0.2) is 35.7 Å². The topological polar surface area (TPSA) is 93.3 Å². The molecular weight excluding hydrogens is 254 g/mol. The van der Waals surface area contributed by atoms with Gasteiger partial charge in [0.15, 0.2) is 0 Å². The Morgan fingerprint density at radius 2 is 2.10 bits per heavy atom. The second-order valence-electron chi connectivity index (χ2n) is 4.78. The van der Waals surface area contributed by atoms with E-state index in [9.17, 15) is 4.79 Å². The highest BCUT2D eigenvalue weighted by molar-refractivity contribution is 5.96. The van der Waals surface area contributed by atoms with Crippen LogP contribution in [-0.2, 0) is 4.79 Å². The molecule has 0 spiro atoms. The van der Waals surface area contributed by atoms with Gasteiger partial charge in [-0.2, -0.15) is 5.10 Å². The summed E-state index contributed by atoms with van der Waals surface area (Å²) < 4.78 is 0. The number of hydrazone groups is 1. The van der Waals surface area contributed by atoms with Crippen molar-refractivity contribution in [3.05, 3.63) is 36.2 Å². The molecule has 20 heavy (non-hydrogen) atoms. The van der Waals surface area contributed by atoms with Crippen molar-refractivity contribution in [2.24, 2.45) is 16.8 Å². The van der Waals surface area contributed by atoms with Crippen molar-refractivity contribution >= 4 is 23.2 Å². The number of benzene rings is 1. The summed E-state index contributed by atoms with van der Waals surface area (Å²) in [6.45, 7) is 3.77. The summed E-state index contributed by atoms with van der Waals surface area (Å²) in [5, 5.41) is 3.92. The molecule has 0 saturated heterocycles. The van der Waals surface area contributed by atoms with Gasteiger partial charge in [-0.3, -0.25) is 14.8 Å². The third-order valence-electron chi connectivity index (χ3n) is 2.93. The Hall–Kier alpha value is -2.34. The fraction of sp³-hybridized carbons (Fsp3) is 0.286. The first kappa shape index (κ1) is 14.1. The maximum Gasteiger partial charge on any atom is 0.257 e. The molecule has 1 aromatic heterocycles. The van der Waals surface area contributed by atoms with Gasteiger partial charge in [0.1, 0.15) is 0 Å². The number of aromatic nitrogens is 2. The number of hydrogen-bond acceptors (Lipinski definition) is 5.